The topological polar surface area (TPSA) is 47.6 Å². The molecule has 25 heavy (non-hydrogen) atoms. The summed E-state index contributed by atoms with van der Waals surface area (Å²) in [7, 11) is 1.83. The van der Waals surface area contributed by atoms with Crippen LogP contribution in [0.3, 0.4) is 0 Å². The average molecular weight is 343 g/mol. The maximum atomic E-state index is 12.3. The van der Waals surface area contributed by atoms with Gasteiger partial charge in [0.15, 0.2) is 6.61 Å². The molecule has 1 aromatic carbocycles. The maximum absolute atomic E-state index is 12.3. The number of carbonyl (C=O) groups is 1. The van der Waals surface area contributed by atoms with E-state index in [0.29, 0.717) is 18.4 Å². The Morgan fingerprint density at radius 2 is 1.84 bits per heavy atom. The summed E-state index contributed by atoms with van der Waals surface area (Å²) in [5, 5.41) is 3.10. The first kappa shape index (κ1) is 16.9. The summed E-state index contributed by atoms with van der Waals surface area (Å²) in [5.74, 6) is 3.67. The van der Waals surface area contributed by atoms with E-state index in [4.69, 9.17) is 9.47 Å². The van der Waals surface area contributed by atoms with E-state index in [1.807, 2.05) is 38.3 Å². The Labute approximate surface area is 150 Å². The molecule has 4 saturated carbocycles. The van der Waals surface area contributed by atoms with Gasteiger partial charge in [-0.05, 0) is 80.4 Å². The Morgan fingerprint density at radius 1 is 1.16 bits per heavy atom. The Kier molecular flexibility index (Phi) is 4.48. The number of hydrogen-bond acceptors (Lipinski definition) is 3. The van der Waals surface area contributed by atoms with E-state index in [1.165, 1.54) is 32.1 Å². The third kappa shape index (κ3) is 3.17. The highest BCUT2D eigenvalue weighted by Gasteiger charge is 2.57. The lowest BCUT2D eigenvalue weighted by Gasteiger charge is -2.60. The molecule has 136 valence electrons. The molecule has 0 heterocycles. The summed E-state index contributed by atoms with van der Waals surface area (Å²) in [6.45, 7) is 2.69. The van der Waals surface area contributed by atoms with Crippen LogP contribution in [-0.4, -0.2) is 31.8 Å². The fraction of sp³-hybridized carbons (Fsp3) is 0.667. The van der Waals surface area contributed by atoms with E-state index in [2.05, 4.69) is 5.32 Å². The predicted octanol–water partition coefficient (Wildman–Crippen LogP) is 3.33. The first-order valence-corrected chi connectivity index (χ1v) is 9.60. The molecule has 0 atom stereocenters. The standard InChI is InChI=1S/C21H29NO3/c1-14-4-3-5-19(6-14)25-12-20(23)22-13-21(24-2)17-8-15-7-16(10-17)11-18(21)9-15/h3-6,15-18H,7-13H2,1-2H3,(H,22,23). The molecule has 4 heteroatoms. The highest BCUT2D eigenvalue weighted by Crippen LogP contribution is 2.59. The van der Waals surface area contributed by atoms with Gasteiger partial charge in [-0.1, -0.05) is 12.1 Å². The molecule has 1 amide bonds. The zero-order chi connectivity index (χ0) is 17.4. The van der Waals surface area contributed by atoms with Gasteiger partial charge < -0.3 is 14.8 Å². The van der Waals surface area contributed by atoms with Crippen LogP contribution in [0, 0.1) is 30.6 Å². The second kappa shape index (κ2) is 6.64. The molecule has 1 N–H and O–H groups in total. The van der Waals surface area contributed by atoms with Crippen molar-refractivity contribution in [2.45, 2.75) is 44.6 Å². The van der Waals surface area contributed by atoms with Crippen LogP contribution in [0.25, 0.3) is 0 Å². The number of rotatable bonds is 6. The lowest BCUT2D eigenvalue weighted by Crippen LogP contribution is -2.63. The highest BCUT2D eigenvalue weighted by atomic mass is 16.5. The molecule has 0 spiro atoms. The van der Waals surface area contributed by atoms with Gasteiger partial charge in [-0.3, -0.25) is 4.79 Å². The van der Waals surface area contributed by atoms with Crippen LogP contribution >= 0.6 is 0 Å². The van der Waals surface area contributed by atoms with Gasteiger partial charge in [0.05, 0.1) is 5.60 Å². The third-order valence-electron chi connectivity index (χ3n) is 6.82. The van der Waals surface area contributed by atoms with E-state index in [9.17, 15) is 4.79 Å². The van der Waals surface area contributed by atoms with Gasteiger partial charge in [0.2, 0.25) is 0 Å². The molecule has 0 radical (unpaired) electrons. The number of aryl methyl sites for hydroxylation is 1. The summed E-state index contributed by atoms with van der Waals surface area (Å²) in [5.41, 5.74) is 0.969. The average Bonchev–Trinajstić information content (AvgIpc) is 2.59. The summed E-state index contributed by atoms with van der Waals surface area (Å²) in [4.78, 5) is 12.3. The minimum absolute atomic E-state index is 0.0594. The van der Waals surface area contributed by atoms with Crippen LogP contribution in [-0.2, 0) is 9.53 Å². The molecular weight excluding hydrogens is 314 g/mol. The summed E-state index contributed by atoms with van der Waals surface area (Å²) >= 11 is 0. The zero-order valence-electron chi connectivity index (χ0n) is 15.3. The third-order valence-corrected chi connectivity index (χ3v) is 6.82. The van der Waals surface area contributed by atoms with Gasteiger partial charge in [-0.25, -0.2) is 0 Å². The normalized spacial score (nSPS) is 35.6. The largest absolute Gasteiger partial charge is 0.484 e. The first-order chi connectivity index (χ1) is 12.1. The second-order valence-electron chi connectivity index (χ2n) is 8.35. The van der Waals surface area contributed by atoms with Crippen molar-refractivity contribution in [2.24, 2.45) is 23.7 Å². The van der Waals surface area contributed by atoms with Crippen LogP contribution < -0.4 is 10.1 Å². The number of ether oxygens (including phenoxy) is 2. The van der Waals surface area contributed by atoms with Crippen molar-refractivity contribution < 1.29 is 14.3 Å². The molecule has 4 aliphatic rings. The number of carbonyl (C=O) groups excluding carboxylic acids is 1. The molecule has 4 bridgehead atoms. The van der Waals surface area contributed by atoms with Gasteiger partial charge in [0.25, 0.3) is 5.91 Å². The van der Waals surface area contributed by atoms with E-state index in [0.717, 1.165) is 23.1 Å². The fourth-order valence-electron chi connectivity index (χ4n) is 5.82. The quantitative estimate of drug-likeness (QED) is 0.862. The Bertz CT molecular complexity index is 614. The molecule has 4 nitrogen and oxygen atoms in total. The predicted molar refractivity (Wildman–Crippen MR) is 96.5 cm³/mol. The molecular formula is C21H29NO3. The van der Waals surface area contributed by atoms with Crippen molar-refractivity contribution >= 4 is 5.91 Å². The van der Waals surface area contributed by atoms with Crippen LogP contribution in [0.4, 0.5) is 0 Å². The number of benzene rings is 1. The van der Waals surface area contributed by atoms with Gasteiger partial charge in [-0.15, -0.1) is 0 Å². The summed E-state index contributed by atoms with van der Waals surface area (Å²) in [6, 6.07) is 7.79. The molecule has 1 aromatic rings. The van der Waals surface area contributed by atoms with Crippen molar-refractivity contribution in [3.8, 4) is 5.75 Å². The molecule has 4 aliphatic carbocycles. The van der Waals surface area contributed by atoms with E-state index < -0.39 is 0 Å². The number of nitrogens with one attached hydrogen (secondary N) is 1. The van der Waals surface area contributed by atoms with Crippen molar-refractivity contribution in [3.63, 3.8) is 0 Å². The fourth-order valence-corrected chi connectivity index (χ4v) is 5.82. The van der Waals surface area contributed by atoms with Crippen molar-refractivity contribution in [2.75, 3.05) is 20.3 Å². The summed E-state index contributed by atoms with van der Waals surface area (Å²) in [6.07, 6.45) is 6.52. The van der Waals surface area contributed by atoms with Gasteiger partial charge in [0.1, 0.15) is 5.75 Å². The van der Waals surface area contributed by atoms with Gasteiger partial charge >= 0.3 is 0 Å². The van der Waals surface area contributed by atoms with E-state index in [-0.39, 0.29) is 18.1 Å². The smallest absolute Gasteiger partial charge is 0.258 e. The van der Waals surface area contributed by atoms with E-state index >= 15 is 0 Å². The number of hydrogen-bond donors (Lipinski definition) is 1. The van der Waals surface area contributed by atoms with Crippen LogP contribution in [0.15, 0.2) is 24.3 Å². The Morgan fingerprint density at radius 3 is 2.44 bits per heavy atom. The maximum Gasteiger partial charge on any atom is 0.258 e. The lowest BCUT2D eigenvalue weighted by atomic mass is 9.49. The molecule has 4 fully saturated rings. The molecule has 0 aromatic heterocycles. The SMILES string of the molecule is COC1(CNC(=O)COc2cccc(C)c2)C2CC3CC(C2)CC1C3. The Balaban J connectivity index is 1.34. The minimum Gasteiger partial charge on any atom is -0.484 e. The minimum atomic E-state index is -0.160. The number of amides is 1. The molecule has 0 unspecified atom stereocenters. The van der Waals surface area contributed by atoms with Crippen LogP contribution in [0.1, 0.15) is 37.7 Å². The van der Waals surface area contributed by atoms with Crippen molar-refractivity contribution in [3.05, 3.63) is 29.8 Å². The molecule has 5 rings (SSSR count). The molecule has 0 saturated heterocycles. The van der Waals surface area contributed by atoms with Crippen LogP contribution in [0.2, 0.25) is 0 Å². The lowest BCUT2D eigenvalue weighted by molar-refractivity contribution is -0.188. The monoisotopic (exact) mass is 343 g/mol. The first-order valence-electron chi connectivity index (χ1n) is 9.60. The second-order valence-corrected chi connectivity index (χ2v) is 8.35. The van der Waals surface area contributed by atoms with Gasteiger partial charge in [0, 0.05) is 13.7 Å². The van der Waals surface area contributed by atoms with Crippen LogP contribution in [0.5, 0.6) is 5.75 Å². The highest BCUT2D eigenvalue weighted by molar-refractivity contribution is 5.77. The zero-order valence-corrected chi connectivity index (χ0v) is 15.3. The molecule has 0 aliphatic heterocycles. The Hall–Kier alpha value is -1.55. The van der Waals surface area contributed by atoms with Gasteiger partial charge in [-0.2, -0.15) is 0 Å². The number of methoxy groups -OCH3 is 1. The van der Waals surface area contributed by atoms with Crippen molar-refractivity contribution in [1.82, 2.24) is 5.32 Å². The van der Waals surface area contributed by atoms with Crippen molar-refractivity contribution in [1.29, 1.82) is 0 Å². The summed E-state index contributed by atoms with van der Waals surface area (Å²) < 4.78 is 11.7. The van der Waals surface area contributed by atoms with E-state index in [1.54, 1.807) is 0 Å².